The maximum Gasteiger partial charge on any atom is 0.433 e. The first-order chi connectivity index (χ1) is 9.86. The summed E-state index contributed by atoms with van der Waals surface area (Å²) in [4.78, 5) is 9.71. The molecule has 0 bridgehead atoms. The smallest absolute Gasteiger partial charge is 0.370 e. The Bertz CT molecular complexity index is 513. The molecule has 7 heteroatoms. The Hall–Kier alpha value is -1.79. The van der Waals surface area contributed by atoms with E-state index in [-0.39, 0.29) is 12.2 Å². The lowest BCUT2D eigenvalue weighted by molar-refractivity contribution is -0.141. The first-order valence-electron chi connectivity index (χ1n) is 6.94. The number of piperidine rings is 1. The molecule has 21 heavy (non-hydrogen) atoms. The van der Waals surface area contributed by atoms with Gasteiger partial charge in [-0.3, -0.25) is 0 Å². The van der Waals surface area contributed by atoms with E-state index >= 15 is 0 Å². The van der Waals surface area contributed by atoms with Crippen LogP contribution in [-0.2, 0) is 12.7 Å². The van der Waals surface area contributed by atoms with Crippen LogP contribution in [0, 0.1) is 5.92 Å². The van der Waals surface area contributed by atoms with E-state index in [0.29, 0.717) is 11.9 Å². The summed E-state index contributed by atoms with van der Waals surface area (Å²) in [5.41, 5.74) is 5.27. The summed E-state index contributed by atoms with van der Waals surface area (Å²) in [6.45, 7) is 3.88. The van der Waals surface area contributed by atoms with Gasteiger partial charge in [0.15, 0.2) is 5.96 Å². The number of aliphatic imine (C=N–C) groups is 1. The van der Waals surface area contributed by atoms with E-state index < -0.39 is 11.9 Å². The van der Waals surface area contributed by atoms with Gasteiger partial charge in [0.25, 0.3) is 0 Å². The van der Waals surface area contributed by atoms with Gasteiger partial charge in [0.2, 0.25) is 0 Å². The number of nitrogens with two attached hydrogens (primary N) is 1. The maximum absolute atomic E-state index is 12.6. The highest BCUT2D eigenvalue weighted by molar-refractivity contribution is 5.78. The summed E-state index contributed by atoms with van der Waals surface area (Å²) in [6, 6.07) is 3.80. The minimum absolute atomic E-state index is 0.0562. The number of alkyl halides is 3. The van der Waals surface area contributed by atoms with E-state index in [2.05, 4.69) is 16.9 Å². The average Bonchev–Trinajstić information content (AvgIpc) is 2.44. The minimum atomic E-state index is -4.44. The van der Waals surface area contributed by atoms with Gasteiger partial charge in [-0.25, -0.2) is 9.98 Å². The summed E-state index contributed by atoms with van der Waals surface area (Å²) in [5, 5.41) is 0. The number of pyridine rings is 1. The summed E-state index contributed by atoms with van der Waals surface area (Å²) in [7, 11) is 0. The van der Waals surface area contributed by atoms with Crippen LogP contribution in [0.2, 0.25) is 0 Å². The number of likely N-dealkylation sites (tertiary alicyclic amines) is 1. The zero-order valence-corrected chi connectivity index (χ0v) is 11.9. The van der Waals surface area contributed by atoms with E-state index in [1.807, 2.05) is 4.90 Å². The lowest BCUT2D eigenvalue weighted by Gasteiger charge is -2.31. The van der Waals surface area contributed by atoms with Gasteiger partial charge in [-0.1, -0.05) is 13.0 Å². The largest absolute Gasteiger partial charge is 0.433 e. The standard InChI is InChI=1S/C14H19F3N4/c1-10-4-3-7-21(9-10)13(18)19-8-11-5-2-6-12(20-11)14(15,16)17/h2,5-6,10H,3-4,7-9H2,1H3,(H2,18,19). The number of halogens is 3. The molecule has 0 aromatic carbocycles. The third-order valence-corrected chi connectivity index (χ3v) is 3.48. The van der Waals surface area contributed by atoms with Crippen molar-refractivity contribution in [3.63, 3.8) is 0 Å². The molecule has 0 aliphatic carbocycles. The molecule has 1 aliphatic heterocycles. The van der Waals surface area contributed by atoms with Crippen molar-refractivity contribution < 1.29 is 13.2 Å². The highest BCUT2D eigenvalue weighted by Crippen LogP contribution is 2.27. The normalized spacial score (nSPS) is 20.7. The number of nitrogens with zero attached hydrogens (tertiary/aromatic N) is 3. The quantitative estimate of drug-likeness (QED) is 0.675. The maximum atomic E-state index is 12.6. The van der Waals surface area contributed by atoms with Gasteiger partial charge >= 0.3 is 6.18 Å². The number of guanidine groups is 1. The molecule has 116 valence electrons. The Kier molecular flexibility index (Phi) is 4.69. The highest BCUT2D eigenvalue weighted by Gasteiger charge is 2.32. The number of rotatable bonds is 2. The first kappa shape index (κ1) is 15.6. The lowest BCUT2D eigenvalue weighted by atomic mass is 10.0. The zero-order valence-electron chi connectivity index (χ0n) is 11.9. The summed E-state index contributed by atoms with van der Waals surface area (Å²) in [5.74, 6) is 0.931. The van der Waals surface area contributed by atoms with Gasteiger partial charge in [0.1, 0.15) is 5.69 Å². The SMILES string of the molecule is CC1CCCN(C(N)=NCc2cccc(C(F)(F)F)n2)C1. The van der Waals surface area contributed by atoms with Gasteiger partial charge in [0.05, 0.1) is 12.2 Å². The van der Waals surface area contributed by atoms with E-state index in [1.54, 1.807) is 0 Å². The van der Waals surface area contributed by atoms with E-state index in [9.17, 15) is 13.2 Å². The lowest BCUT2D eigenvalue weighted by Crippen LogP contribution is -2.43. The van der Waals surface area contributed by atoms with Gasteiger partial charge in [-0.05, 0) is 30.9 Å². The predicted octanol–water partition coefficient (Wildman–Crippen LogP) is 2.65. The van der Waals surface area contributed by atoms with Crippen LogP contribution in [0.4, 0.5) is 13.2 Å². The Morgan fingerprint density at radius 2 is 2.24 bits per heavy atom. The van der Waals surface area contributed by atoms with Crippen LogP contribution in [0.3, 0.4) is 0 Å². The van der Waals surface area contributed by atoms with Crippen LogP contribution in [0.1, 0.15) is 31.2 Å². The molecule has 2 N–H and O–H groups in total. The van der Waals surface area contributed by atoms with Crippen molar-refractivity contribution in [2.24, 2.45) is 16.6 Å². The predicted molar refractivity (Wildman–Crippen MR) is 74.5 cm³/mol. The van der Waals surface area contributed by atoms with Crippen molar-refractivity contribution in [1.29, 1.82) is 0 Å². The van der Waals surface area contributed by atoms with Crippen LogP contribution in [-0.4, -0.2) is 28.9 Å². The molecule has 1 unspecified atom stereocenters. The van der Waals surface area contributed by atoms with E-state index in [4.69, 9.17) is 5.73 Å². The number of hydrogen-bond acceptors (Lipinski definition) is 2. The van der Waals surface area contributed by atoms with Crippen molar-refractivity contribution >= 4 is 5.96 Å². The minimum Gasteiger partial charge on any atom is -0.370 e. The third-order valence-electron chi connectivity index (χ3n) is 3.48. The molecule has 2 rings (SSSR count). The Balaban J connectivity index is 2.03. The molecule has 0 radical (unpaired) electrons. The van der Waals surface area contributed by atoms with E-state index in [1.165, 1.54) is 18.6 Å². The average molecular weight is 300 g/mol. The summed E-state index contributed by atoms with van der Waals surface area (Å²) < 4.78 is 37.7. The summed E-state index contributed by atoms with van der Waals surface area (Å²) in [6.07, 6.45) is -2.22. The fraction of sp³-hybridized carbons (Fsp3) is 0.571. The number of hydrogen-bond donors (Lipinski definition) is 1. The van der Waals surface area contributed by atoms with Crippen molar-refractivity contribution in [2.75, 3.05) is 13.1 Å². The second-order valence-electron chi connectivity index (χ2n) is 5.38. The van der Waals surface area contributed by atoms with Gasteiger partial charge in [-0.15, -0.1) is 0 Å². The molecule has 1 saturated heterocycles. The van der Waals surface area contributed by atoms with Crippen LogP contribution in [0.15, 0.2) is 23.2 Å². The van der Waals surface area contributed by atoms with Crippen LogP contribution >= 0.6 is 0 Å². The van der Waals surface area contributed by atoms with E-state index in [0.717, 1.165) is 25.6 Å². The van der Waals surface area contributed by atoms with Crippen molar-refractivity contribution in [3.05, 3.63) is 29.6 Å². The Morgan fingerprint density at radius 1 is 1.48 bits per heavy atom. The van der Waals surface area contributed by atoms with Crippen molar-refractivity contribution in [1.82, 2.24) is 9.88 Å². The molecule has 1 aromatic heterocycles. The molecule has 0 saturated carbocycles. The highest BCUT2D eigenvalue weighted by atomic mass is 19.4. The van der Waals surface area contributed by atoms with Crippen LogP contribution < -0.4 is 5.73 Å². The second-order valence-corrected chi connectivity index (χ2v) is 5.38. The fourth-order valence-corrected chi connectivity index (χ4v) is 2.39. The molecule has 1 aromatic rings. The third kappa shape index (κ3) is 4.34. The molecule has 0 spiro atoms. The van der Waals surface area contributed by atoms with Gasteiger partial charge in [-0.2, -0.15) is 13.2 Å². The summed E-state index contributed by atoms with van der Waals surface area (Å²) >= 11 is 0. The van der Waals surface area contributed by atoms with Gasteiger partial charge in [0, 0.05) is 13.1 Å². The molecular formula is C14H19F3N4. The molecule has 1 fully saturated rings. The zero-order chi connectivity index (χ0) is 15.5. The van der Waals surface area contributed by atoms with Crippen LogP contribution in [0.5, 0.6) is 0 Å². The number of aromatic nitrogens is 1. The van der Waals surface area contributed by atoms with Gasteiger partial charge < -0.3 is 10.6 Å². The van der Waals surface area contributed by atoms with Crippen molar-refractivity contribution in [3.8, 4) is 0 Å². The van der Waals surface area contributed by atoms with Crippen LogP contribution in [0.25, 0.3) is 0 Å². The monoisotopic (exact) mass is 300 g/mol. The molecule has 0 amide bonds. The molecule has 4 nitrogen and oxygen atoms in total. The second kappa shape index (κ2) is 6.32. The first-order valence-corrected chi connectivity index (χ1v) is 6.94. The Labute approximate surface area is 121 Å². The molecular weight excluding hydrogens is 281 g/mol. The molecule has 1 atom stereocenters. The molecule has 2 heterocycles. The topological polar surface area (TPSA) is 54.5 Å². The Morgan fingerprint density at radius 3 is 2.90 bits per heavy atom. The molecule has 1 aliphatic rings. The fourth-order valence-electron chi connectivity index (χ4n) is 2.39. The van der Waals surface area contributed by atoms with Crippen molar-refractivity contribution in [2.45, 2.75) is 32.5 Å².